The molecule has 11 nitrogen and oxygen atoms in total. The summed E-state index contributed by atoms with van der Waals surface area (Å²) >= 11 is 0. The Morgan fingerprint density at radius 2 is 1.82 bits per heavy atom. The molecule has 1 amide bonds. The number of aromatic hydroxyl groups is 1. The average molecular weight is 473 g/mol. The number of nitrogen functional groups attached to an aromatic ring is 1. The van der Waals surface area contributed by atoms with Crippen LogP contribution in [0.5, 0.6) is 5.75 Å². The van der Waals surface area contributed by atoms with Crippen LogP contribution in [0, 0.1) is 11.8 Å². The highest BCUT2D eigenvalue weighted by atomic mass is 16.4. The lowest BCUT2D eigenvalue weighted by Gasteiger charge is -2.53. The summed E-state index contributed by atoms with van der Waals surface area (Å²) in [6, 6.07) is 1.65. The minimum atomic E-state index is -2.93. The fourth-order valence-corrected chi connectivity index (χ4v) is 5.75. The molecule has 3 aliphatic carbocycles. The van der Waals surface area contributed by atoms with Crippen LogP contribution in [0.15, 0.2) is 34.8 Å². The van der Waals surface area contributed by atoms with Crippen molar-refractivity contribution in [3.8, 4) is 5.75 Å². The first kappa shape index (κ1) is 23.7. The second-order valence-corrected chi connectivity index (χ2v) is 9.13. The number of carbonyl (C=O) groups excluding carboxylic acids is 3. The van der Waals surface area contributed by atoms with Gasteiger partial charge in [0.15, 0.2) is 11.4 Å². The minimum Gasteiger partial charge on any atom is -0.510 e. The number of phenolic OH excluding ortho intramolecular Hbond substituents is 1. The second-order valence-electron chi connectivity index (χ2n) is 9.13. The smallest absolute Gasteiger partial charge is 0.255 e. The van der Waals surface area contributed by atoms with Crippen molar-refractivity contribution in [3.05, 3.63) is 45.9 Å². The molecule has 0 heterocycles. The molecular formula is C23H27N3O8. The molecule has 6 atom stereocenters. The van der Waals surface area contributed by atoms with Gasteiger partial charge in [0.05, 0.1) is 29.3 Å². The lowest BCUT2D eigenvalue weighted by molar-refractivity contribution is -0.162. The molecule has 0 spiro atoms. The fourth-order valence-electron chi connectivity index (χ4n) is 5.75. The lowest BCUT2D eigenvalue weighted by Crippen LogP contribution is -2.68. The standard InChI is InChI=1S/C23H27N3O8/c1-4-26(3)15-14-18(29)10-7(2)8-5-6-9(24)16(27)11(8)17(28)12(10)20(31)23(14,34)21(32)13(19(15)30)22(25)33/h5-7,10,14-15,18,27,29-31,34H,4,24H2,1-3H3,(H2,25,33)/t7-,10?,14?,15-,18-,23-/m0/s1. The Hall–Kier alpha value is -3.41. The predicted octanol–water partition coefficient (Wildman–Crippen LogP) is -0.375. The number of Topliss-reactive ketones (excluding diaryl/α,β-unsaturated/α-hetero) is 2. The van der Waals surface area contributed by atoms with Crippen LogP contribution < -0.4 is 11.5 Å². The number of benzene rings is 1. The Bertz CT molecular complexity index is 1200. The van der Waals surface area contributed by atoms with Crippen LogP contribution in [-0.2, 0) is 9.59 Å². The van der Waals surface area contributed by atoms with Gasteiger partial charge < -0.3 is 37.0 Å². The van der Waals surface area contributed by atoms with Crippen LogP contribution in [0.1, 0.15) is 35.7 Å². The van der Waals surface area contributed by atoms with E-state index >= 15 is 0 Å². The average Bonchev–Trinajstić information content (AvgIpc) is 2.77. The molecule has 1 aromatic rings. The molecule has 11 heteroatoms. The number of nitrogens with two attached hydrogens (primary N) is 2. The van der Waals surface area contributed by atoms with Crippen LogP contribution in [-0.4, -0.2) is 79.2 Å². The molecule has 0 fully saturated rings. The van der Waals surface area contributed by atoms with Gasteiger partial charge in [-0.15, -0.1) is 0 Å². The highest BCUT2D eigenvalue weighted by molar-refractivity contribution is 6.25. The van der Waals surface area contributed by atoms with E-state index in [0.29, 0.717) is 5.56 Å². The number of likely N-dealkylation sites (N-methyl/N-ethyl adjacent to an activating group) is 1. The normalized spacial score (nSPS) is 33.1. The highest BCUT2D eigenvalue weighted by Gasteiger charge is 2.67. The van der Waals surface area contributed by atoms with E-state index in [1.54, 1.807) is 13.8 Å². The predicted molar refractivity (Wildman–Crippen MR) is 119 cm³/mol. The molecule has 0 bridgehead atoms. The molecule has 9 N–H and O–H groups in total. The van der Waals surface area contributed by atoms with Crippen molar-refractivity contribution in [2.24, 2.45) is 17.6 Å². The molecule has 2 unspecified atom stereocenters. The number of amides is 1. The van der Waals surface area contributed by atoms with Crippen molar-refractivity contribution in [1.82, 2.24) is 4.90 Å². The molecule has 0 aromatic heterocycles. The van der Waals surface area contributed by atoms with Gasteiger partial charge in [0, 0.05) is 11.5 Å². The molecule has 4 rings (SSSR count). The van der Waals surface area contributed by atoms with E-state index in [1.165, 1.54) is 24.1 Å². The van der Waals surface area contributed by atoms with Crippen LogP contribution in [0.3, 0.4) is 0 Å². The number of hydrogen-bond donors (Lipinski definition) is 7. The van der Waals surface area contributed by atoms with Crippen molar-refractivity contribution in [2.75, 3.05) is 19.3 Å². The Morgan fingerprint density at radius 3 is 2.38 bits per heavy atom. The maximum Gasteiger partial charge on any atom is 0.255 e. The topological polar surface area (TPSA) is 208 Å². The van der Waals surface area contributed by atoms with E-state index in [4.69, 9.17) is 11.5 Å². The molecule has 0 saturated heterocycles. The maximum absolute atomic E-state index is 13.5. The number of aliphatic hydroxyl groups is 4. The first-order valence-corrected chi connectivity index (χ1v) is 10.8. The minimum absolute atomic E-state index is 0.0898. The third-order valence-electron chi connectivity index (χ3n) is 7.58. The van der Waals surface area contributed by atoms with E-state index < -0.39 is 81.4 Å². The molecule has 182 valence electrons. The summed E-state index contributed by atoms with van der Waals surface area (Å²) in [6.07, 6.45) is -1.62. The van der Waals surface area contributed by atoms with E-state index in [2.05, 4.69) is 0 Å². The summed E-state index contributed by atoms with van der Waals surface area (Å²) in [7, 11) is 1.53. The van der Waals surface area contributed by atoms with E-state index in [-0.39, 0.29) is 17.8 Å². The van der Waals surface area contributed by atoms with Gasteiger partial charge in [-0.1, -0.05) is 19.9 Å². The summed E-state index contributed by atoms with van der Waals surface area (Å²) < 4.78 is 0. The molecule has 0 radical (unpaired) electrons. The Balaban J connectivity index is 2.06. The second kappa shape index (κ2) is 7.55. The van der Waals surface area contributed by atoms with Gasteiger partial charge in [-0.25, -0.2) is 0 Å². The Labute approximate surface area is 194 Å². The van der Waals surface area contributed by atoms with Crippen molar-refractivity contribution in [3.63, 3.8) is 0 Å². The number of primary amides is 1. The number of anilines is 1. The SMILES string of the molecule is CCN(C)[C@@H]1C(O)=C(C(N)=O)C(=O)[C@@]2(O)C(O)=C3C(=O)c4c(ccc(N)c4O)[C@H](C)C3[C@H](O)C12. The van der Waals surface area contributed by atoms with Gasteiger partial charge in [-0.05, 0) is 31.1 Å². The number of nitrogens with zero attached hydrogens (tertiary/aromatic N) is 1. The zero-order valence-corrected chi connectivity index (χ0v) is 18.8. The van der Waals surface area contributed by atoms with Crippen LogP contribution in [0.4, 0.5) is 5.69 Å². The monoisotopic (exact) mass is 473 g/mol. The van der Waals surface area contributed by atoms with Crippen molar-refractivity contribution in [1.29, 1.82) is 0 Å². The number of rotatable bonds is 3. The number of phenols is 1. The zero-order valence-electron chi connectivity index (χ0n) is 18.8. The van der Waals surface area contributed by atoms with Gasteiger partial charge in [-0.3, -0.25) is 19.3 Å². The summed E-state index contributed by atoms with van der Waals surface area (Å²) in [5.41, 5.74) is 6.80. The summed E-state index contributed by atoms with van der Waals surface area (Å²) in [4.78, 5) is 40.3. The van der Waals surface area contributed by atoms with Crippen LogP contribution in [0.25, 0.3) is 0 Å². The Kier molecular flexibility index (Phi) is 5.27. The zero-order chi connectivity index (χ0) is 25.4. The molecule has 1 aromatic carbocycles. The van der Waals surface area contributed by atoms with Gasteiger partial charge in [-0.2, -0.15) is 0 Å². The Morgan fingerprint density at radius 1 is 1.21 bits per heavy atom. The van der Waals surface area contributed by atoms with Crippen molar-refractivity contribution < 1.29 is 39.9 Å². The molecule has 3 aliphatic rings. The van der Waals surface area contributed by atoms with Gasteiger partial charge in [0.2, 0.25) is 5.78 Å². The lowest BCUT2D eigenvalue weighted by atomic mass is 9.55. The van der Waals surface area contributed by atoms with Crippen molar-refractivity contribution in [2.45, 2.75) is 37.5 Å². The molecular weight excluding hydrogens is 446 g/mol. The first-order chi connectivity index (χ1) is 15.8. The number of ketones is 2. The highest BCUT2D eigenvalue weighted by Crippen LogP contribution is 2.55. The molecule has 0 aliphatic heterocycles. The third kappa shape index (κ3) is 2.71. The largest absolute Gasteiger partial charge is 0.510 e. The fraction of sp³-hybridized carbons (Fsp3) is 0.435. The first-order valence-electron chi connectivity index (χ1n) is 10.8. The summed E-state index contributed by atoms with van der Waals surface area (Å²) in [6.45, 7) is 3.63. The van der Waals surface area contributed by atoms with Crippen LogP contribution >= 0.6 is 0 Å². The van der Waals surface area contributed by atoms with Gasteiger partial charge in [0.25, 0.3) is 5.91 Å². The van der Waals surface area contributed by atoms with Gasteiger partial charge in [0.1, 0.15) is 22.8 Å². The van der Waals surface area contributed by atoms with E-state index in [0.717, 1.165) is 0 Å². The van der Waals surface area contributed by atoms with Crippen molar-refractivity contribution >= 4 is 23.2 Å². The summed E-state index contributed by atoms with van der Waals surface area (Å²) in [5, 5.41) is 55.7. The molecule has 34 heavy (non-hydrogen) atoms. The van der Waals surface area contributed by atoms with Crippen LogP contribution in [0.2, 0.25) is 0 Å². The number of aliphatic hydroxyl groups excluding tert-OH is 3. The van der Waals surface area contributed by atoms with Gasteiger partial charge >= 0.3 is 0 Å². The number of hydrogen-bond acceptors (Lipinski definition) is 10. The maximum atomic E-state index is 13.5. The summed E-state index contributed by atoms with van der Waals surface area (Å²) in [5.74, 6) is -9.29. The van der Waals surface area contributed by atoms with E-state index in [1.807, 2.05) is 0 Å². The third-order valence-corrected chi connectivity index (χ3v) is 7.58. The number of fused-ring (bicyclic) bond motifs is 3. The number of carbonyl (C=O) groups is 3. The quantitative estimate of drug-likeness (QED) is 0.172. The molecule has 0 saturated carbocycles. The van der Waals surface area contributed by atoms with E-state index in [9.17, 15) is 39.9 Å².